The molecule has 0 spiro atoms. The quantitative estimate of drug-likeness (QED) is 0.234. The number of rotatable bonds is 10. The zero-order chi connectivity index (χ0) is 29.3. The molecule has 41 heavy (non-hydrogen) atoms. The number of benzene rings is 2. The Balaban J connectivity index is 1.28. The van der Waals surface area contributed by atoms with Crippen LogP contribution in [-0.4, -0.2) is 44.2 Å². The molecule has 12 heteroatoms. The Bertz CT molecular complexity index is 1600. The fraction of sp³-hybridized carbons (Fsp3) is 0.310. The lowest BCUT2D eigenvalue weighted by molar-refractivity contribution is -0.131. The van der Waals surface area contributed by atoms with Crippen LogP contribution in [0.15, 0.2) is 55.0 Å². The van der Waals surface area contributed by atoms with Gasteiger partial charge in [-0.25, -0.2) is 13.3 Å². The molecule has 0 saturated heterocycles. The van der Waals surface area contributed by atoms with E-state index in [9.17, 15) is 19.1 Å². The molecular weight excluding hydrogens is 536 g/mol. The molecule has 1 aliphatic carbocycles. The Morgan fingerprint density at radius 2 is 1.71 bits per heavy atom. The first-order chi connectivity index (χ1) is 19.6. The largest absolute Gasteiger partial charge is 0.489 e. The highest BCUT2D eigenvalue weighted by Crippen LogP contribution is 2.47. The molecule has 214 valence electrons. The average Bonchev–Trinajstić information content (AvgIpc) is 3.69. The molecule has 0 aliphatic heterocycles. The molecule has 1 aliphatic rings. The zero-order valence-electron chi connectivity index (χ0n) is 22.6. The van der Waals surface area contributed by atoms with Crippen molar-refractivity contribution in [2.45, 2.75) is 39.7 Å². The highest BCUT2D eigenvalue weighted by atomic mass is 19.1. The number of ether oxygens (including phenoxy) is 2. The third kappa shape index (κ3) is 5.82. The number of halogens is 2. The number of hydrogen-bond acceptors (Lipinski definition) is 7. The SMILES string of the molecule is Cc1c(OCC(O)C(C)C)cn2ncnc(Oc3ccc(NC(=O)C4(C(=O)Nc5ccc(F)cc5)CC4)cc3F)c12. The van der Waals surface area contributed by atoms with E-state index in [4.69, 9.17) is 9.47 Å². The third-order valence-electron chi connectivity index (χ3n) is 7.04. The second kappa shape index (κ2) is 11.1. The second-order valence-corrected chi connectivity index (χ2v) is 10.3. The number of aryl methyl sites for hydroxylation is 1. The number of carbonyl (C=O) groups excluding carboxylic acids is 2. The topological polar surface area (TPSA) is 127 Å². The lowest BCUT2D eigenvalue weighted by Crippen LogP contribution is -2.35. The third-order valence-corrected chi connectivity index (χ3v) is 7.04. The molecule has 2 heterocycles. The Labute approximate surface area is 234 Å². The maximum absolute atomic E-state index is 15.1. The second-order valence-electron chi connectivity index (χ2n) is 10.3. The van der Waals surface area contributed by atoms with Crippen molar-refractivity contribution in [3.8, 4) is 17.4 Å². The molecule has 1 atom stereocenters. The highest BCUT2D eigenvalue weighted by molar-refractivity contribution is 6.16. The molecule has 5 rings (SSSR count). The summed E-state index contributed by atoms with van der Waals surface area (Å²) in [5.74, 6) is -1.84. The average molecular weight is 566 g/mol. The number of aliphatic hydroxyl groups is 1. The number of fused-ring (bicyclic) bond motifs is 1. The van der Waals surface area contributed by atoms with E-state index in [1.807, 2.05) is 13.8 Å². The van der Waals surface area contributed by atoms with E-state index in [0.717, 1.165) is 6.07 Å². The molecule has 1 fully saturated rings. The van der Waals surface area contributed by atoms with Gasteiger partial charge in [0.1, 0.15) is 35.4 Å². The van der Waals surface area contributed by atoms with Crippen LogP contribution in [-0.2, 0) is 9.59 Å². The number of nitrogens with zero attached hydrogens (tertiary/aromatic N) is 3. The molecule has 2 amide bonds. The van der Waals surface area contributed by atoms with Crippen LogP contribution in [0.4, 0.5) is 20.2 Å². The summed E-state index contributed by atoms with van der Waals surface area (Å²) in [5.41, 5.74) is 0.332. The van der Waals surface area contributed by atoms with Gasteiger partial charge in [0.25, 0.3) is 0 Å². The van der Waals surface area contributed by atoms with Gasteiger partial charge in [0, 0.05) is 23.0 Å². The summed E-state index contributed by atoms with van der Waals surface area (Å²) in [5, 5.41) is 19.5. The molecule has 1 saturated carbocycles. The van der Waals surface area contributed by atoms with Gasteiger partial charge in [-0.15, -0.1) is 0 Å². The summed E-state index contributed by atoms with van der Waals surface area (Å²) >= 11 is 0. The van der Waals surface area contributed by atoms with Crippen molar-refractivity contribution in [3.63, 3.8) is 0 Å². The molecule has 10 nitrogen and oxygen atoms in total. The Hall–Kier alpha value is -4.58. The van der Waals surface area contributed by atoms with E-state index in [1.54, 1.807) is 13.1 Å². The number of anilines is 2. The normalized spacial score (nSPS) is 14.5. The minimum atomic E-state index is -1.29. The summed E-state index contributed by atoms with van der Waals surface area (Å²) in [4.78, 5) is 29.9. The minimum Gasteiger partial charge on any atom is -0.489 e. The maximum atomic E-state index is 15.1. The van der Waals surface area contributed by atoms with E-state index in [1.165, 1.54) is 47.2 Å². The van der Waals surface area contributed by atoms with Crippen molar-refractivity contribution >= 4 is 28.7 Å². The van der Waals surface area contributed by atoms with Gasteiger partial charge < -0.3 is 25.2 Å². The van der Waals surface area contributed by atoms with Gasteiger partial charge in [-0.3, -0.25) is 9.59 Å². The molecule has 2 aromatic heterocycles. The Kier molecular flexibility index (Phi) is 7.59. The van der Waals surface area contributed by atoms with Crippen LogP contribution >= 0.6 is 0 Å². The molecule has 4 aromatic rings. The molecule has 0 radical (unpaired) electrons. The van der Waals surface area contributed by atoms with E-state index >= 15 is 4.39 Å². The smallest absolute Gasteiger partial charge is 0.247 e. The number of hydrogen-bond donors (Lipinski definition) is 3. The summed E-state index contributed by atoms with van der Waals surface area (Å²) in [7, 11) is 0. The first-order valence-corrected chi connectivity index (χ1v) is 13.1. The van der Waals surface area contributed by atoms with Gasteiger partial charge in [-0.1, -0.05) is 13.8 Å². The van der Waals surface area contributed by atoms with Crippen molar-refractivity contribution < 1.29 is 33.0 Å². The van der Waals surface area contributed by atoms with Crippen molar-refractivity contribution in [3.05, 3.63) is 72.2 Å². The van der Waals surface area contributed by atoms with Crippen LogP contribution < -0.4 is 20.1 Å². The first-order valence-electron chi connectivity index (χ1n) is 13.1. The predicted octanol–water partition coefficient (Wildman–Crippen LogP) is 4.86. The minimum absolute atomic E-state index is 0.0233. The molecule has 1 unspecified atom stereocenters. The van der Waals surface area contributed by atoms with Gasteiger partial charge in [0.15, 0.2) is 11.6 Å². The predicted molar refractivity (Wildman–Crippen MR) is 146 cm³/mol. The maximum Gasteiger partial charge on any atom is 0.247 e. The lowest BCUT2D eigenvalue weighted by atomic mass is 10.0. The van der Waals surface area contributed by atoms with Gasteiger partial charge in [0.2, 0.25) is 17.7 Å². The van der Waals surface area contributed by atoms with Gasteiger partial charge >= 0.3 is 0 Å². The fourth-order valence-electron chi connectivity index (χ4n) is 4.18. The van der Waals surface area contributed by atoms with E-state index in [-0.39, 0.29) is 29.8 Å². The number of nitrogens with one attached hydrogen (secondary N) is 2. The summed E-state index contributed by atoms with van der Waals surface area (Å²) in [6, 6.07) is 9.11. The van der Waals surface area contributed by atoms with Crippen molar-refractivity contribution in [1.82, 2.24) is 14.6 Å². The number of amides is 2. The fourth-order valence-corrected chi connectivity index (χ4v) is 4.18. The number of aliphatic hydroxyl groups excluding tert-OH is 1. The summed E-state index contributed by atoms with van der Waals surface area (Å²) < 4.78 is 41.3. The van der Waals surface area contributed by atoms with Crippen LogP contribution in [0.25, 0.3) is 5.52 Å². The lowest BCUT2D eigenvalue weighted by Gasteiger charge is -2.16. The molecule has 0 bridgehead atoms. The van der Waals surface area contributed by atoms with Crippen LogP contribution in [0, 0.1) is 29.9 Å². The van der Waals surface area contributed by atoms with Crippen molar-refractivity contribution in [1.29, 1.82) is 0 Å². The Morgan fingerprint density at radius 3 is 2.34 bits per heavy atom. The van der Waals surface area contributed by atoms with Gasteiger partial charge in [-0.2, -0.15) is 10.1 Å². The van der Waals surface area contributed by atoms with Crippen molar-refractivity contribution in [2.75, 3.05) is 17.2 Å². The van der Waals surface area contributed by atoms with Crippen LogP contribution in [0.2, 0.25) is 0 Å². The van der Waals surface area contributed by atoms with Gasteiger partial charge in [0.05, 0.1) is 12.3 Å². The zero-order valence-corrected chi connectivity index (χ0v) is 22.6. The number of aromatic nitrogens is 3. The van der Waals surface area contributed by atoms with Crippen molar-refractivity contribution in [2.24, 2.45) is 11.3 Å². The van der Waals surface area contributed by atoms with E-state index < -0.39 is 35.0 Å². The van der Waals surface area contributed by atoms with E-state index in [0.29, 0.717) is 35.4 Å². The standard InChI is InChI=1S/C29H29F2N5O5/c1-16(2)22(37)14-40-24-13-36-25(17(24)3)26(32-15-33-36)41-23-9-8-20(12-21(23)31)35-28(39)29(10-11-29)27(38)34-19-6-4-18(30)5-7-19/h4-9,12-13,15-16,22,37H,10-11,14H2,1-3H3,(H,34,38)(H,35,39). The van der Waals surface area contributed by atoms with Gasteiger partial charge in [-0.05, 0) is 62.1 Å². The Morgan fingerprint density at radius 1 is 1.05 bits per heavy atom. The monoisotopic (exact) mass is 565 g/mol. The summed E-state index contributed by atoms with van der Waals surface area (Å²) in [6.45, 7) is 5.64. The number of carbonyl (C=O) groups is 2. The molecular formula is C29H29F2N5O5. The van der Waals surface area contributed by atoms with Crippen LogP contribution in [0.3, 0.4) is 0 Å². The van der Waals surface area contributed by atoms with Crippen LogP contribution in [0.1, 0.15) is 32.3 Å². The molecule has 2 aromatic carbocycles. The van der Waals surface area contributed by atoms with E-state index in [2.05, 4.69) is 20.7 Å². The molecule has 3 N–H and O–H groups in total. The highest BCUT2D eigenvalue weighted by Gasteiger charge is 2.56. The first kappa shape index (κ1) is 28.0. The van der Waals surface area contributed by atoms with Crippen LogP contribution in [0.5, 0.6) is 17.4 Å². The summed E-state index contributed by atoms with van der Waals surface area (Å²) in [6.07, 6.45) is 2.90.